The summed E-state index contributed by atoms with van der Waals surface area (Å²) in [6.07, 6.45) is 3.81. The van der Waals surface area contributed by atoms with Crippen molar-refractivity contribution in [2.75, 3.05) is 18.6 Å². The molecule has 1 saturated carbocycles. The zero-order chi connectivity index (χ0) is 27.3. The summed E-state index contributed by atoms with van der Waals surface area (Å²) in [6, 6.07) is 17.8. The number of ether oxygens (including phenoxy) is 1. The fourth-order valence-corrected chi connectivity index (χ4v) is 7.22. The fraction of sp³-hybridized carbons (Fsp3) is 0.281. The van der Waals surface area contributed by atoms with Gasteiger partial charge in [0.2, 0.25) is 5.91 Å². The Balaban J connectivity index is 1.19. The third-order valence-corrected chi connectivity index (χ3v) is 9.09. The van der Waals surface area contributed by atoms with E-state index >= 15 is 0 Å². The summed E-state index contributed by atoms with van der Waals surface area (Å²) >= 11 is 1.66. The number of pyridine rings is 1. The Bertz CT molecular complexity index is 1570. The van der Waals surface area contributed by atoms with Crippen molar-refractivity contribution in [3.05, 3.63) is 104 Å². The first-order valence-electron chi connectivity index (χ1n) is 13.2. The number of carbonyl (C=O) groups is 2. The van der Waals surface area contributed by atoms with E-state index < -0.39 is 0 Å². The summed E-state index contributed by atoms with van der Waals surface area (Å²) in [5.74, 6) is 0.778. The Morgan fingerprint density at radius 2 is 1.92 bits per heavy atom. The van der Waals surface area contributed by atoms with Gasteiger partial charge in [-0.2, -0.15) is 0 Å². The summed E-state index contributed by atoms with van der Waals surface area (Å²) in [5, 5.41) is 4.16. The molecule has 1 aromatic heterocycles. The van der Waals surface area contributed by atoms with Crippen molar-refractivity contribution in [3.63, 3.8) is 0 Å². The number of hydrogen-bond acceptors (Lipinski definition) is 5. The van der Waals surface area contributed by atoms with E-state index in [4.69, 9.17) is 4.74 Å². The molecule has 6 nitrogen and oxygen atoms in total. The maximum Gasteiger partial charge on any atom is 0.260 e. The standard InChI is InChI=1S/C32H31N3O3S/c1-19-25(6-5-14-33-19)31(37)35-15-13-22-17-23(9-12-27(22)35)29-20(2)39-30(26-18-32(26,29)3)34-28(36)16-21-7-10-24(38-4)11-8-21/h5-12,14,17H,13,15-16,18H2,1-4H3,(H,34,36). The highest BCUT2D eigenvalue weighted by molar-refractivity contribution is 8.06. The first-order chi connectivity index (χ1) is 18.8. The summed E-state index contributed by atoms with van der Waals surface area (Å²) in [5.41, 5.74) is 8.28. The highest BCUT2D eigenvalue weighted by Gasteiger charge is 2.53. The molecule has 0 saturated heterocycles. The van der Waals surface area contributed by atoms with Gasteiger partial charge in [0.25, 0.3) is 5.91 Å². The van der Waals surface area contributed by atoms with Crippen LogP contribution in [0.4, 0.5) is 5.69 Å². The molecule has 1 unspecified atom stereocenters. The number of carbonyl (C=O) groups excluding carboxylic acids is 2. The van der Waals surface area contributed by atoms with E-state index in [9.17, 15) is 9.59 Å². The van der Waals surface area contributed by atoms with E-state index in [0.29, 0.717) is 18.5 Å². The Morgan fingerprint density at radius 3 is 2.67 bits per heavy atom. The number of fused-ring (bicyclic) bond motifs is 2. The molecule has 2 aromatic carbocycles. The van der Waals surface area contributed by atoms with Crippen molar-refractivity contribution >= 4 is 34.8 Å². The van der Waals surface area contributed by atoms with Crippen molar-refractivity contribution in [1.82, 2.24) is 10.3 Å². The van der Waals surface area contributed by atoms with E-state index in [-0.39, 0.29) is 17.2 Å². The third kappa shape index (κ3) is 4.55. The van der Waals surface area contributed by atoms with Crippen LogP contribution in [0.2, 0.25) is 0 Å². The van der Waals surface area contributed by atoms with Crippen LogP contribution in [0.25, 0.3) is 5.57 Å². The van der Waals surface area contributed by atoms with Crippen LogP contribution < -0.4 is 15.0 Å². The number of aryl methyl sites for hydroxylation is 1. The molecule has 2 amide bonds. The number of rotatable bonds is 6. The lowest BCUT2D eigenvalue weighted by Gasteiger charge is -2.25. The maximum atomic E-state index is 13.3. The van der Waals surface area contributed by atoms with Gasteiger partial charge in [-0.1, -0.05) is 36.9 Å². The van der Waals surface area contributed by atoms with Crippen molar-refractivity contribution in [1.29, 1.82) is 0 Å². The van der Waals surface area contributed by atoms with Gasteiger partial charge in [-0.25, -0.2) is 0 Å². The topological polar surface area (TPSA) is 71.5 Å². The Morgan fingerprint density at radius 1 is 1.13 bits per heavy atom. The Kier molecular flexibility index (Phi) is 6.34. The van der Waals surface area contributed by atoms with Gasteiger partial charge in [-0.05, 0) is 95.8 Å². The minimum absolute atomic E-state index is 0.00474. The lowest BCUT2D eigenvalue weighted by Crippen LogP contribution is -2.29. The molecule has 1 aliphatic carbocycles. The zero-order valence-electron chi connectivity index (χ0n) is 22.6. The average molecular weight is 538 g/mol. The molecule has 7 heteroatoms. The molecular weight excluding hydrogens is 506 g/mol. The van der Waals surface area contributed by atoms with Gasteiger partial charge in [-0.3, -0.25) is 14.6 Å². The van der Waals surface area contributed by atoms with Crippen molar-refractivity contribution in [2.24, 2.45) is 5.41 Å². The second-order valence-corrected chi connectivity index (χ2v) is 11.8. The van der Waals surface area contributed by atoms with Gasteiger partial charge in [0, 0.05) is 29.5 Å². The summed E-state index contributed by atoms with van der Waals surface area (Å²) in [7, 11) is 1.63. The van der Waals surface area contributed by atoms with Gasteiger partial charge in [-0.15, -0.1) is 0 Å². The third-order valence-electron chi connectivity index (χ3n) is 8.03. The first kappa shape index (κ1) is 25.4. The van der Waals surface area contributed by atoms with E-state index in [1.54, 1.807) is 25.1 Å². The molecule has 3 aromatic rings. The van der Waals surface area contributed by atoms with Crippen molar-refractivity contribution in [2.45, 2.75) is 40.0 Å². The maximum absolute atomic E-state index is 13.3. The van der Waals surface area contributed by atoms with E-state index in [1.807, 2.05) is 48.2 Å². The van der Waals surface area contributed by atoms with Gasteiger partial charge in [0.05, 0.1) is 24.1 Å². The SMILES string of the molecule is COc1ccc(CC(=O)NC2=C3CC3(C)C(c3ccc4c(c3)CCN4C(=O)c3cccnc3C)=C(C)S2)cc1. The van der Waals surface area contributed by atoms with Gasteiger partial charge in [0.15, 0.2) is 0 Å². The number of nitrogens with one attached hydrogen (secondary N) is 1. The average Bonchev–Trinajstić information content (AvgIpc) is 3.45. The second-order valence-electron chi connectivity index (χ2n) is 10.6. The summed E-state index contributed by atoms with van der Waals surface area (Å²) in [4.78, 5) is 33.5. The Labute approximate surface area is 233 Å². The number of amides is 2. The molecule has 1 atom stereocenters. The molecule has 0 bridgehead atoms. The summed E-state index contributed by atoms with van der Waals surface area (Å²) in [6.45, 7) is 6.96. The van der Waals surface area contributed by atoms with Crippen molar-refractivity contribution in [3.8, 4) is 5.75 Å². The number of hydrogen-bond donors (Lipinski definition) is 1. The van der Waals surface area contributed by atoms with Crippen LogP contribution in [0.5, 0.6) is 5.75 Å². The molecule has 2 aliphatic heterocycles. The zero-order valence-corrected chi connectivity index (χ0v) is 23.4. The Hall–Kier alpha value is -3.84. The number of aromatic nitrogens is 1. The molecule has 39 heavy (non-hydrogen) atoms. The minimum atomic E-state index is -0.0762. The van der Waals surface area contributed by atoms with Crippen LogP contribution in [0.1, 0.15) is 53.0 Å². The molecule has 3 aliphatic rings. The molecule has 1 fully saturated rings. The predicted molar refractivity (Wildman–Crippen MR) is 156 cm³/mol. The molecular formula is C32H31N3O3S. The largest absolute Gasteiger partial charge is 0.497 e. The molecule has 198 valence electrons. The van der Waals surface area contributed by atoms with Crippen LogP contribution in [-0.2, 0) is 17.6 Å². The lowest BCUT2D eigenvalue weighted by atomic mass is 9.88. The van der Waals surface area contributed by atoms with Gasteiger partial charge >= 0.3 is 0 Å². The number of benzene rings is 2. The highest BCUT2D eigenvalue weighted by atomic mass is 32.2. The highest BCUT2D eigenvalue weighted by Crippen LogP contribution is 2.67. The van der Waals surface area contributed by atoms with Gasteiger partial charge < -0.3 is 15.0 Å². The quantitative estimate of drug-likeness (QED) is 0.414. The van der Waals surface area contributed by atoms with Crippen LogP contribution >= 0.6 is 11.8 Å². The summed E-state index contributed by atoms with van der Waals surface area (Å²) < 4.78 is 5.21. The van der Waals surface area contributed by atoms with Crippen LogP contribution in [-0.4, -0.2) is 30.5 Å². The van der Waals surface area contributed by atoms with Gasteiger partial charge in [0.1, 0.15) is 5.75 Å². The minimum Gasteiger partial charge on any atom is -0.497 e. The van der Waals surface area contributed by atoms with Crippen LogP contribution in [0, 0.1) is 12.3 Å². The second kappa shape index (κ2) is 9.72. The molecule has 6 rings (SSSR count). The normalized spacial score (nSPS) is 19.5. The number of allylic oxidation sites excluding steroid dienone is 3. The van der Waals surface area contributed by atoms with Crippen LogP contribution in [0.3, 0.4) is 0 Å². The van der Waals surface area contributed by atoms with Crippen molar-refractivity contribution < 1.29 is 14.3 Å². The smallest absolute Gasteiger partial charge is 0.260 e. The van der Waals surface area contributed by atoms with E-state index in [0.717, 1.165) is 40.6 Å². The molecule has 0 spiro atoms. The monoisotopic (exact) mass is 537 g/mol. The van der Waals surface area contributed by atoms with E-state index in [1.165, 1.54) is 27.2 Å². The number of methoxy groups -OCH3 is 1. The number of thioether (sulfide) groups is 1. The van der Waals surface area contributed by atoms with E-state index in [2.05, 4.69) is 42.3 Å². The molecule has 3 heterocycles. The lowest BCUT2D eigenvalue weighted by molar-refractivity contribution is -0.119. The number of anilines is 1. The first-order valence-corrected chi connectivity index (χ1v) is 14.0. The number of nitrogens with zero attached hydrogens (tertiary/aromatic N) is 2. The fourth-order valence-electron chi connectivity index (χ4n) is 5.88. The molecule has 0 radical (unpaired) electrons. The van der Waals surface area contributed by atoms with Crippen LogP contribution in [0.15, 0.2) is 76.3 Å². The molecule has 1 N–H and O–H groups in total. The predicted octanol–water partition coefficient (Wildman–Crippen LogP) is 6.06.